The Kier molecular flexibility index (Phi) is 2.81. The van der Waals surface area contributed by atoms with E-state index in [9.17, 15) is 0 Å². The summed E-state index contributed by atoms with van der Waals surface area (Å²) in [6.45, 7) is 0.325. The van der Waals surface area contributed by atoms with Gasteiger partial charge in [0.25, 0.3) is 0 Å². The normalized spacial score (nSPS) is 18.9. The van der Waals surface area contributed by atoms with Gasteiger partial charge in [-0.25, -0.2) is 0 Å². The molecule has 2 aromatic rings. The van der Waals surface area contributed by atoms with Crippen molar-refractivity contribution >= 4 is 0 Å². The largest absolute Gasteiger partial charge is 0.304 e. The SMILES string of the molecule is [2H]C([2H])([2H])c1c[c-]c(-c2cc(C([2H])([2H])[2H])c(C([2H])([2H])C(C)(C)C)cn2)cc1.[Ir]. The number of pyridine rings is 1. The van der Waals surface area contributed by atoms with Crippen LogP contribution in [0.3, 0.4) is 0 Å². The van der Waals surface area contributed by atoms with E-state index in [4.69, 9.17) is 11.0 Å². The molecule has 0 saturated heterocycles. The monoisotopic (exact) mass is 453 g/mol. The first-order valence-electron chi connectivity index (χ1n) is 10.1. The van der Waals surface area contributed by atoms with Crippen molar-refractivity contribution in [3.63, 3.8) is 0 Å². The minimum absolute atomic E-state index is 0. The second kappa shape index (κ2) is 6.65. The summed E-state index contributed by atoms with van der Waals surface area (Å²) in [6, 6.07) is 8.45. The van der Waals surface area contributed by atoms with Crippen LogP contribution in [0.2, 0.25) is 0 Å². The zero-order valence-corrected chi connectivity index (χ0v) is 14.1. The quantitative estimate of drug-likeness (QED) is 0.599. The first-order valence-corrected chi connectivity index (χ1v) is 6.09. The molecule has 0 fully saturated rings. The summed E-state index contributed by atoms with van der Waals surface area (Å²) in [6.07, 6.45) is -0.648. The number of aryl methyl sites for hydroxylation is 2. The van der Waals surface area contributed by atoms with E-state index in [1.54, 1.807) is 20.8 Å². The van der Waals surface area contributed by atoms with Gasteiger partial charge in [0, 0.05) is 37.3 Å². The molecule has 2 rings (SSSR count). The second-order valence-corrected chi connectivity index (χ2v) is 5.48. The van der Waals surface area contributed by atoms with E-state index in [1.165, 1.54) is 30.5 Å². The van der Waals surface area contributed by atoms with E-state index in [-0.39, 0.29) is 36.8 Å². The van der Waals surface area contributed by atoms with Crippen molar-refractivity contribution < 1.29 is 31.1 Å². The standard InChI is InChI=1S/C18H22N.Ir/c1-13-6-8-15(9-7-13)17-10-14(2)16(12-19-17)11-18(3,4)5;/h6-8,10,12H,11H2,1-5H3;/q-1;/i1D3,2D3,11D2;. The Morgan fingerprint density at radius 2 is 2.10 bits per heavy atom. The van der Waals surface area contributed by atoms with Crippen LogP contribution in [0.1, 0.15) is 48.4 Å². The number of hydrogen-bond donors (Lipinski definition) is 0. The molecular weight excluding hydrogens is 422 g/mol. The van der Waals surface area contributed by atoms with Gasteiger partial charge in [0.1, 0.15) is 0 Å². The third kappa shape index (κ3) is 4.54. The van der Waals surface area contributed by atoms with Gasteiger partial charge in [-0.3, -0.25) is 0 Å². The summed E-state index contributed by atoms with van der Waals surface area (Å²) in [7, 11) is 0. The Morgan fingerprint density at radius 3 is 2.65 bits per heavy atom. The smallest absolute Gasteiger partial charge is 0.0322 e. The van der Waals surface area contributed by atoms with Gasteiger partial charge in [-0.15, -0.1) is 35.4 Å². The molecule has 0 bridgehead atoms. The van der Waals surface area contributed by atoms with E-state index in [0.29, 0.717) is 11.3 Å². The van der Waals surface area contributed by atoms with Crippen LogP contribution in [-0.2, 0) is 26.5 Å². The molecule has 1 aromatic heterocycles. The van der Waals surface area contributed by atoms with Crippen molar-refractivity contribution in [3.8, 4) is 11.3 Å². The van der Waals surface area contributed by atoms with Crippen LogP contribution >= 0.6 is 0 Å². The summed E-state index contributed by atoms with van der Waals surface area (Å²) in [5.41, 5.74) is -0.0476. The van der Waals surface area contributed by atoms with E-state index in [2.05, 4.69) is 11.1 Å². The van der Waals surface area contributed by atoms with Gasteiger partial charge in [0.15, 0.2) is 0 Å². The molecule has 1 radical (unpaired) electrons. The summed E-state index contributed by atoms with van der Waals surface area (Å²) >= 11 is 0. The van der Waals surface area contributed by atoms with Crippen LogP contribution in [0.25, 0.3) is 11.3 Å². The summed E-state index contributed by atoms with van der Waals surface area (Å²) in [5.74, 6) is 0. The molecular formula is C18H22IrN-. The Balaban J connectivity index is 0.00000392. The van der Waals surface area contributed by atoms with Gasteiger partial charge in [0.05, 0.1) is 0 Å². The average molecular weight is 453 g/mol. The molecule has 109 valence electrons. The van der Waals surface area contributed by atoms with Gasteiger partial charge < -0.3 is 4.98 Å². The molecule has 0 aliphatic carbocycles. The van der Waals surface area contributed by atoms with Gasteiger partial charge in [-0.05, 0) is 29.9 Å². The maximum absolute atomic E-state index is 8.42. The first-order chi connectivity index (χ1) is 12.0. The van der Waals surface area contributed by atoms with Crippen molar-refractivity contribution in [1.29, 1.82) is 0 Å². The van der Waals surface area contributed by atoms with Crippen molar-refractivity contribution in [3.05, 3.63) is 53.2 Å². The van der Waals surface area contributed by atoms with Gasteiger partial charge in [0.2, 0.25) is 0 Å². The Labute approximate surface area is 147 Å². The maximum Gasteiger partial charge on any atom is 0.0322 e. The summed E-state index contributed by atoms with van der Waals surface area (Å²) in [4.78, 5) is 4.23. The summed E-state index contributed by atoms with van der Waals surface area (Å²) < 4.78 is 62.5. The molecule has 0 amide bonds. The van der Waals surface area contributed by atoms with E-state index in [0.717, 1.165) is 0 Å². The molecule has 1 nitrogen and oxygen atoms in total. The Morgan fingerprint density at radius 1 is 1.30 bits per heavy atom. The first kappa shape index (κ1) is 8.46. The van der Waals surface area contributed by atoms with Crippen LogP contribution in [0, 0.1) is 25.2 Å². The second-order valence-electron chi connectivity index (χ2n) is 5.48. The third-order valence-electron chi connectivity index (χ3n) is 2.50. The van der Waals surface area contributed by atoms with E-state index < -0.39 is 25.5 Å². The zero-order valence-electron chi connectivity index (χ0n) is 19.7. The van der Waals surface area contributed by atoms with Crippen molar-refractivity contribution in [2.75, 3.05) is 0 Å². The fourth-order valence-electron chi connectivity index (χ4n) is 1.69. The average Bonchev–Trinajstić information content (AvgIpc) is 2.51. The number of rotatable bonds is 2. The topological polar surface area (TPSA) is 12.9 Å². The number of hydrogen-bond acceptors (Lipinski definition) is 1. The molecule has 1 heterocycles. The molecule has 20 heavy (non-hydrogen) atoms. The maximum atomic E-state index is 8.42. The van der Waals surface area contributed by atoms with Gasteiger partial charge >= 0.3 is 0 Å². The number of nitrogens with zero attached hydrogens (tertiary/aromatic N) is 1. The molecule has 0 aliphatic heterocycles. The Bertz CT molecular complexity index is 817. The predicted molar refractivity (Wildman–Crippen MR) is 81.1 cm³/mol. The zero-order chi connectivity index (χ0) is 20.8. The number of benzene rings is 1. The van der Waals surface area contributed by atoms with Crippen LogP contribution in [0.5, 0.6) is 0 Å². The van der Waals surface area contributed by atoms with Gasteiger partial charge in [-0.2, -0.15) is 0 Å². The molecule has 0 unspecified atom stereocenters. The predicted octanol–water partition coefficient (Wildman–Crippen LogP) is 4.75. The van der Waals surface area contributed by atoms with Crippen LogP contribution < -0.4 is 0 Å². The summed E-state index contributed by atoms with van der Waals surface area (Å²) in [5, 5.41) is 0. The van der Waals surface area contributed by atoms with Crippen LogP contribution in [-0.4, -0.2) is 4.98 Å². The molecule has 0 spiro atoms. The third-order valence-corrected chi connectivity index (χ3v) is 2.50. The minimum Gasteiger partial charge on any atom is -0.304 e. The number of aromatic nitrogens is 1. The van der Waals surface area contributed by atoms with E-state index >= 15 is 0 Å². The molecule has 0 saturated carbocycles. The van der Waals surface area contributed by atoms with Crippen LogP contribution in [0.15, 0.2) is 30.5 Å². The minimum atomic E-state index is -2.52. The van der Waals surface area contributed by atoms with Crippen molar-refractivity contribution in [1.82, 2.24) is 4.98 Å². The molecule has 0 N–H and O–H groups in total. The van der Waals surface area contributed by atoms with Gasteiger partial charge in [-0.1, -0.05) is 39.3 Å². The molecule has 0 aliphatic rings. The molecule has 0 atom stereocenters. The van der Waals surface area contributed by atoms with Crippen molar-refractivity contribution in [2.45, 2.75) is 40.8 Å². The fourth-order valence-corrected chi connectivity index (χ4v) is 1.69. The van der Waals surface area contributed by atoms with Crippen LogP contribution in [0.4, 0.5) is 0 Å². The van der Waals surface area contributed by atoms with E-state index in [1.807, 2.05) is 0 Å². The Hall–Kier alpha value is -0.981. The molecule has 1 aromatic carbocycles. The van der Waals surface area contributed by atoms with Crippen molar-refractivity contribution in [2.24, 2.45) is 5.41 Å². The molecule has 2 heteroatoms. The fraction of sp³-hybridized carbons (Fsp3) is 0.389.